The van der Waals surface area contributed by atoms with Crippen molar-refractivity contribution in [2.45, 2.75) is 38.3 Å². The van der Waals surface area contributed by atoms with E-state index in [9.17, 15) is 14.4 Å². The van der Waals surface area contributed by atoms with Gasteiger partial charge in [-0.2, -0.15) is 0 Å². The zero-order valence-electron chi connectivity index (χ0n) is 17.2. The lowest BCUT2D eigenvalue weighted by atomic mass is 9.96. The van der Waals surface area contributed by atoms with Crippen LogP contribution in [-0.4, -0.2) is 44.3 Å². The van der Waals surface area contributed by atoms with Gasteiger partial charge in [-0.1, -0.05) is 18.2 Å². The van der Waals surface area contributed by atoms with Gasteiger partial charge in [-0.25, -0.2) is 4.98 Å². The highest BCUT2D eigenvalue weighted by Gasteiger charge is 2.27. The molecule has 4 rings (SSSR count). The van der Waals surface area contributed by atoms with Crippen molar-refractivity contribution < 1.29 is 9.59 Å². The quantitative estimate of drug-likeness (QED) is 0.660. The van der Waals surface area contributed by atoms with E-state index in [-0.39, 0.29) is 42.9 Å². The minimum atomic E-state index is -0.325. The monoisotopic (exact) mass is 419 g/mol. The number of amides is 2. The molecule has 2 amide bonds. The standard InChI is InChI=1S/C23H25N5O3/c29-21(15-27-16-26-19-8-2-1-7-18(19)23(27)31)25-12-10-22(30)28-13-4-3-9-20(28)17-6-5-11-24-14-17/h1-2,5-8,11,14,16,20H,3-4,9-10,12-13,15H2,(H,25,29). The Morgan fingerprint density at radius 3 is 2.84 bits per heavy atom. The lowest BCUT2D eigenvalue weighted by Crippen LogP contribution is -2.40. The van der Waals surface area contributed by atoms with Crippen molar-refractivity contribution in [2.75, 3.05) is 13.1 Å². The fraction of sp³-hybridized carbons (Fsp3) is 0.348. The summed E-state index contributed by atoms with van der Waals surface area (Å²) in [5.74, 6) is -0.312. The number of likely N-dealkylation sites (tertiary alicyclic amines) is 1. The zero-order chi connectivity index (χ0) is 21.6. The molecule has 0 bridgehead atoms. The fourth-order valence-electron chi connectivity index (χ4n) is 4.03. The maximum absolute atomic E-state index is 12.8. The molecule has 8 nitrogen and oxygen atoms in total. The average Bonchev–Trinajstić information content (AvgIpc) is 2.81. The van der Waals surface area contributed by atoms with Gasteiger partial charge in [0.05, 0.1) is 23.3 Å². The normalized spacial score (nSPS) is 16.3. The van der Waals surface area contributed by atoms with Gasteiger partial charge in [-0.05, 0) is 43.0 Å². The van der Waals surface area contributed by atoms with E-state index >= 15 is 0 Å². The van der Waals surface area contributed by atoms with Gasteiger partial charge in [0.1, 0.15) is 6.54 Å². The van der Waals surface area contributed by atoms with E-state index < -0.39 is 0 Å². The molecule has 1 unspecified atom stereocenters. The van der Waals surface area contributed by atoms with Crippen molar-refractivity contribution >= 4 is 22.7 Å². The molecule has 2 aromatic heterocycles. The third-order valence-electron chi connectivity index (χ3n) is 5.60. The average molecular weight is 419 g/mol. The highest BCUT2D eigenvalue weighted by atomic mass is 16.2. The first-order valence-electron chi connectivity index (χ1n) is 10.5. The number of hydrogen-bond acceptors (Lipinski definition) is 5. The van der Waals surface area contributed by atoms with Crippen molar-refractivity contribution in [1.29, 1.82) is 0 Å². The molecule has 3 aromatic rings. The largest absolute Gasteiger partial charge is 0.354 e. The molecule has 1 aromatic carbocycles. The second-order valence-electron chi connectivity index (χ2n) is 7.68. The number of benzene rings is 1. The molecule has 1 saturated heterocycles. The summed E-state index contributed by atoms with van der Waals surface area (Å²) in [6.07, 6.45) is 8.11. The summed E-state index contributed by atoms with van der Waals surface area (Å²) < 4.78 is 1.28. The van der Waals surface area contributed by atoms with E-state index in [1.165, 1.54) is 10.9 Å². The molecule has 1 N–H and O–H groups in total. The van der Waals surface area contributed by atoms with Crippen LogP contribution in [-0.2, 0) is 16.1 Å². The molecule has 8 heteroatoms. The van der Waals surface area contributed by atoms with E-state index in [2.05, 4.69) is 15.3 Å². The van der Waals surface area contributed by atoms with Crippen LogP contribution in [0.1, 0.15) is 37.3 Å². The second kappa shape index (κ2) is 9.51. The summed E-state index contributed by atoms with van der Waals surface area (Å²) in [6.45, 7) is 0.807. The van der Waals surface area contributed by atoms with Gasteiger partial charge in [0.15, 0.2) is 0 Å². The molecular formula is C23H25N5O3. The number of para-hydroxylation sites is 1. The molecular weight excluding hydrogens is 394 g/mol. The molecule has 0 aliphatic carbocycles. The molecule has 1 atom stereocenters. The molecule has 0 saturated carbocycles. The Bertz CT molecular complexity index is 1130. The molecule has 1 aliphatic heterocycles. The van der Waals surface area contributed by atoms with E-state index in [1.807, 2.05) is 29.3 Å². The summed E-state index contributed by atoms with van der Waals surface area (Å²) in [5.41, 5.74) is 1.38. The van der Waals surface area contributed by atoms with Crippen LogP contribution >= 0.6 is 0 Å². The Hall–Kier alpha value is -3.55. The predicted molar refractivity (Wildman–Crippen MR) is 116 cm³/mol. The summed E-state index contributed by atoms with van der Waals surface area (Å²) >= 11 is 0. The lowest BCUT2D eigenvalue weighted by Gasteiger charge is -2.36. The van der Waals surface area contributed by atoms with Crippen LogP contribution in [0, 0.1) is 0 Å². The van der Waals surface area contributed by atoms with Crippen molar-refractivity contribution in [3.8, 4) is 0 Å². The minimum Gasteiger partial charge on any atom is -0.354 e. The number of nitrogens with zero attached hydrogens (tertiary/aromatic N) is 4. The molecule has 160 valence electrons. The molecule has 3 heterocycles. The maximum Gasteiger partial charge on any atom is 0.261 e. The topological polar surface area (TPSA) is 97.2 Å². The van der Waals surface area contributed by atoms with Crippen LogP contribution in [0.25, 0.3) is 10.9 Å². The van der Waals surface area contributed by atoms with Crippen molar-refractivity contribution in [2.24, 2.45) is 0 Å². The van der Waals surface area contributed by atoms with Gasteiger partial charge in [0.2, 0.25) is 11.8 Å². The number of carbonyl (C=O) groups is 2. The number of fused-ring (bicyclic) bond motifs is 1. The van der Waals surface area contributed by atoms with Crippen molar-refractivity contribution in [1.82, 2.24) is 24.8 Å². The highest BCUT2D eigenvalue weighted by molar-refractivity contribution is 5.80. The first-order valence-corrected chi connectivity index (χ1v) is 10.5. The molecule has 0 spiro atoms. The number of piperidine rings is 1. The summed E-state index contributed by atoms with van der Waals surface area (Å²) in [7, 11) is 0. The van der Waals surface area contributed by atoms with E-state index in [0.29, 0.717) is 17.4 Å². The minimum absolute atomic E-state index is 0.0124. The van der Waals surface area contributed by atoms with Crippen LogP contribution in [0.3, 0.4) is 0 Å². The van der Waals surface area contributed by atoms with Crippen LogP contribution in [0.5, 0.6) is 0 Å². The Morgan fingerprint density at radius 2 is 2.00 bits per heavy atom. The predicted octanol–water partition coefficient (Wildman–Crippen LogP) is 2.05. The zero-order valence-corrected chi connectivity index (χ0v) is 17.2. The van der Waals surface area contributed by atoms with Crippen LogP contribution < -0.4 is 10.9 Å². The number of hydrogen-bond donors (Lipinski definition) is 1. The van der Waals surface area contributed by atoms with Gasteiger partial charge in [0, 0.05) is 31.9 Å². The Labute approximate surface area is 179 Å². The fourth-order valence-corrected chi connectivity index (χ4v) is 4.03. The van der Waals surface area contributed by atoms with Gasteiger partial charge in [-0.15, -0.1) is 0 Å². The van der Waals surface area contributed by atoms with Crippen LogP contribution in [0.15, 0.2) is 59.9 Å². The molecule has 31 heavy (non-hydrogen) atoms. The molecule has 1 fully saturated rings. The Morgan fingerprint density at radius 1 is 1.13 bits per heavy atom. The Balaban J connectivity index is 1.32. The molecule has 1 aliphatic rings. The van der Waals surface area contributed by atoms with Gasteiger partial charge in [-0.3, -0.25) is 23.9 Å². The number of aromatic nitrogens is 3. The van der Waals surface area contributed by atoms with Crippen LogP contribution in [0.4, 0.5) is 0 Å². The molecule has 0 radical (unpaired) electrons. The number of nitrogens with one attached hydrogen (secondary N) is 1. The van der Waals surface area contributed by atoms with E-state index in [4.69, 9.17) is 0 Å². The summed E-state index contributed by atoms with van der Waals surface area (Å²) in [6, 6.07) is 10.9. The van der Waals surface area contributed by atoms with E-state index in [0.717, 1.165) is 24.8 Å². The highest BCUT2D eigenvalue weighted by Crippen LogP contribution is 2.30. The maximum atomic E-state index is 12.8. The van der Waals surface area contributed by atoms with Crippen molar-refractivity contribution in [3.05, 3.63) is 71.0 Å². The smallest absolute Gasteiger partial charge is 0.261 e. The van der Waals surface area contributed by atoms with Gasteiger partial charge in [0.25, 0.3) is 5.56 Å². The van der Waals surface area contributed by atoms with Gasteiger partial charge >= 0.3 is 0 Å². The first kappa shape index (κ1) is 20.7. The SMILES string of the molecule is O=C(Cn1cnc2ccccc2c1=O)NCCC(=O)N1CCCCC1c1cccnc1. The first-order chi connectivity index (χ1) is 15.1. The van der Waals surface area contributed by atoms with Crippen molar-refractivity contribution in [3.63, 3.8) is 0 Å². The van der Waals surface area contributed by atoms with Crippen LogP contribution in [0.2, 0.25) is 0 Å². The second-order valence-corrected chi connectivity index (χ2v) is 7.68. The summed E-state index contributed by atoms with van der Waals surface area (Å²) in [4.78, 5) is 47.9. The third kappa shape index (κ3) is 4.79. The Kier molecular flexibility index (Phi) is 6.35. The van der Waals surface area contributed by atoms with Gasteiger partial charge < -0.3 is 10.2 Å². The number of rotatable bonds is 6. The third-order valence-corrected chi connectivity index (χ3v) is 5.60. The lowest BCUT2D eigenvalue weighted by molar-refractivity contribution is -0.135. The van der Waals surface area contributed by atoms with E-state index in [1.54, 1.807) is 24.4 Å². The number of carbonyl (C=O) groups excluding carboxylic acids is 2. The summed E-state index contributed by atoms with van der Waals surface area (Å²) in [5, 5.41) is 3.22. The number of pyridine rings is 1.